The van der Waals surface area contributed by atoms with E-state index in [0.717, 1.165) is 17.0 Å². The summed E-state index contributed by atoms with van der Waals surface area (Å²) in [7, 11) is 0. The molecular formula is C15H18N4O2. The van der Waals surface area contributed by atoms with Crippen molar-refractivity contribution < 1.29 is 9.32 Å². The van der Waals surface area contributed by atoms with Gasteiger partial charge in [0, 0.05) is 17.8 Å². The molecule has 6 heteroatoms. The minimum atomic E-state index is -0.164. The highest BCUT2D eigenvalue weighted by atomic mass is 16.5. The number of hydrogen-bond donors (Lipinski definition) is 1. The molecule has 0 atom stereocenters. The van der Waals surface area contributed by atoms with E-state index in [-0.39, 0.29) is 12.3 Å². The molecule has 2 aromatic rings. The SMILES string of the molecule is C=CC(=C)CC(=O)Nc1ccn(Cc2c(C)noc2C)n1. The Morgan fingerprint density at radius 1 is 1.52 bits per heavy atom. The molecule has 0 fully saturated rings. The van der Waals surface area contributed by atoms with Gasteiger partial charge in [-0.3, -0.25) is 9.48 Å². The zero-order chi connectivity index (χ0) is 15.4. The number of amides is 1. The Bertz CT molecular complexity index is 662. The van der Waals surface area contributed by atoms with Crippen molar-refractivity contribution in [3.8, 4) is 0 Å². The predicted molar refractivity (Wildman–Crippen MR) is 79.9 cm³/mol. The van der Waals surface area contributed by atoms with Crippen LogP contribution in [-0.4, -0.2) is 20.8 Å². The molecule has 1 amide bonds. The molecule has 0 aliphatic heterocycles. The fourth-order valence-corrected chi connectivity index (χ4v) is 1.87. The first-order valence-corrected chi connectivity index (χ1v) is 6.55. The summed E-state index contributed by atoms with van der Waals surface area (Å²) < 4.78 is 6.84. The zero-order valence-electron chi connectivity index (χ0n) is 12.2. The summed E-state index contributed by atoms with van der Waals surface area (Å²) in [5.41, 5.74) is 2.51. The van der Waals surface area contributed by atoms with E-state index in [1.54, 1.807) is 23.0 Å². The standard InChI is InChI=1S/C15H18N4O2/c1-5-10(2)8-15(20)16-14-6-7-19(17-14)9-13-11(3)18-21-12(13)4/h5-7H,1-2,8-9H2,3-4H3,(H,16,17,20). The molecule has 21 heavy (non-hydrogen) atoms. The van der Waals surface area contributed by atoms with Crippen molar-refractivity contribution in [2.24, 2.45) is 0 Å². The molecule has 110 valence electrons. The van der Waals surface area contributed by atoms with E-state index in [4.69, 9.17) is 4.52 Å². The number of rotatable bonds is 6. The van der Waals surface area contributed by atoms with Gasteiger partial charge in [-0.05, 0) is 19.4 Å². The molecule has 0 aliphatic rings. The summed E-state index contributed by atoms with van der Waals surface area (Å²) in [6.07, 6.45) is 3.57. The van der Waals surface area contributed by atoms with E-state index in [9.17, 15) is 4.79 Å². The maximum absolute atomic E-state index is 11.7. The average Bonchev–Trinajstić information content (AvgIpc) is 3.00. The Labute approximate surface area is 123 Å². The average molecular weight is 286 g/mol. The monoisotopic (exact) mass is 286 g/mol. The lowest BCUT2D eigenvalue weighted by Crippen LogP contribution is -2.12. The van der Waals surface area contributed by atoms with Gasteiger partial charge in [-0.25, -0.2) is 0 Å². The third-order valence-electron chi connectivity index (χ3n) is 3.09. The molecule has 0 aliphatic carbocycles. The normalized spacial score (nSPS) is 10.4. The highest BCUT2D eigenvalue weighted by molar-refractivity contribution is 5.91. The molecule has 2 heterocycles. The van der Waals surface area contributed by atoms with E-state index >= 15 is 0 Å². The zero-order valence-corrected chi connectivity index (χ0v) is 12.2. The minimum Gasteiger partial charge on any atom is -0.361 e. The Balaban J connectivity index is 2.00. The predicted octanol–water partition coefficient (Wildman–Crippen LogP) is 2.61. The van der Waals surface area contributed by atoms with Crippen LogP contribution in [0.2, 0.25) is 0 Å². The van der Waals surface area contributed by atoms with Crippen LogP contribution >= 0.6 is 0 Å². The first-order chi connectivity index (χ1) is 9.99. The number of carbonyl (C=O) groups excluding carboxylic acids is 1. The summed E-state index contributed by atoms with van der Waals surface area (Å²) in [4.78, 5) is 11.7. The number of nitrogens with one attached hydrogen (secondary N) is 1. The summed E-state index contributed by atoms with van der Waals surface area (Å²) in [5.74, 6) is 1.11. The van der Waals surface area contributed by atoms with Gasteiger partial charge in [0.05, 0.1) is 18.7 Å². The summed E-state index contributed by atoms with van der Waals surface area (Å²) in [5, 5.41) is 10.9. The van der Waals surface area contributed by atoms with Crippen LogP contribution in [0.3, 0.4) is 0 Å². The van der Waals surface area contributed by atoms with Crippen LogP contribution < -0.4 is 5.32 Å². The van der Waals surface area contributed by atoms with Gasteiger partial charge in [0.15, 0.2) is 5.82 Å². The third-order valence-corrected chi connectivity index (χ3v) is 3.09. The van der Waals surface area contributed by atoms with Crippen LogP contribution in [0.25, 0.3) is 0 Å². The first-order valence-electron chi connectivity index (χ1n) is 6.55. The second-order valence-electron chi connectivity index (χ2n) is 4.79. The van der Waals surface area contributed by atoms with Crippen molar-refractivity contribution in [3.63, 3.8) is 0 Å². The number of aryl methyl sites for hydroxylation is 2. The summed E-state index contributed by atoms with van der Waals surface area (Å²) >= 11 is 0. The van der Waals surface area contributed by atoms with Crippen LogP contribution in [0, 0.1) is 13.8 Å². The van der Waals surface area contributed by atoms with Gasteiger partial charge in [0.25, 0.3) is 0 Å². The minimum absolute atomic E-state index is 0.164. The molecule has 6 nitrogen and oxygen atoms in total. The van der Waals surface area contributed by atoms with E-state index in [0.29, 0.717) is 17.9 Å². The number of aromatic nitrogens is 3. The smallest absolute Gasteiger partial charge is 0.229 e. The van der Waals surface area contributed by atoms with Crippen LogP contribution in [0.15, 0.2) is 41.6 Å². The topological polar surface area (TPSA) is 73.0 Å². The Morgan fingerprint density at radius 3 is 2.90 bits per heavy atom. The number of allylic oxidation sites excluding steroid dienone is 1. The second-order valence-corrected chi connectivity index (χ2v) is 4.79. The van der Waals surface area contributed by atoms with Gasteiger partial charge in [-0.2, -0.15) is 5.10 Å². The fraction of sp³-hybridized carbons (Fsp3) is 0.267. The van der Waals surface area contributed by atoms with Gasteiger partial charge < -0.3 is 9.84 Å². The molecule has 0 bridgehead atoms. The Kier molecular flexibility index (Phi) is 4.37. The molecule has 1 N–H and O–H groups in total. The molecule has 0 saturated heterocycles. The lowest BCUT2D eigenvalue weighted by Gasteiger charge is -2.02. The van der Waals surface area contributed by atoms with Gasteiger partial charge in [-0.1, -0.05) is 24.4 Å². The maximum Gasteiger partial charge on any atom is 0.229 e. The van der Waals surface area contributed by atoms with Crippen molar-refractivity contribution in [1.29, 1.82) is 0 Å². The van der Waals surface area contributed by atoms with E-state index in [1.807, 2.05) is 13.8 Å². The van der Waals surface area contributed by atoms with Gasteiger partial charge in [0.2, 0.25) is 5.91 Å². The van der Waals surface area contributed by atoms with Crippen molar-refractivity contribution in [3.05, 3.63) is 54.1 Å². The number of carbonyl (C=O) groups is 1. The molecule has 0 spiro atoms. The van der Waals surface area contributed by atoms with Crippen molar-refractivity contribution in [2.45, 2.75) is 26.8 Å². The molecule has 0 saturated carbocycles. The highest BCUT2D eigenvalue weighted by Gasteiger charge is 2.11. The van der Waals surface area contributed by atoms with E-state index in [1.165, 1.54) is 0 Å². The van der Waals surface area contributed by atoms with Crippen LogP contribution in [0.1, 0.15) is 23.4 Å². The first kappa shape index (κ1) is 14.8. The second kappa shape index (κ2) is 6.21. The Morgan fingerprint density at radius 2 is 2.29 bits per heavy atom. The number of hydrogen-bond acceptors (Lipinski definition) is 4. The van der Waals surface area contributed by atoms with Crippen LogP contribution in [-0.2, 0) is 11.3 Å². The molecule has 0 aromatic carbocycles. The van der Waals surface area contributed by atoms with E-state index < -0.39 is 0 Å². The summed E-state index contributed by atoms with van der Waals surface area (Å²) in [6.45, 7) is 11.6. The molecule has 0 radical (unpaired) electrons. The van der Waals surface area contributed by atoms with Crippen molar-refractivity contribution in [2.75, 3.05) is 5.32 Å². The number of nitrogens with zero attached hydrogens (tertiary/aromatic N) is 3. The van der Waals surface area contributed by atoms with Gasteiger partial charge in [0.1, 0.15) is 5.76 Å². The summed E-state index contributed by atoms with van der Waals surface area (Å²) in [6, 6.07) is 1.74. The molecular weight excluding hydrogens is 268 g/mol. The fourth-order valence-electron chi connectivity index (χ4n) is 1.87. The Hall–Kier alpha value is -2.63. The van der Waals surface area contributed by atoms with Crippen molar-refractivity contribution in [1.82, 2.24) is 14.9 Å². The number of anilines is 1. The van der Waals surface area contributed by atoms with Crippen molar-refractivity contribution >= 4 is 11.7 Å². The van der Waals surface area contributed by atoms with Crippen LogP contribution in [0.4, 0.5) is 5.82 Å². The molecule has 2 aromatic heterocycles. The maximum atomic E-state index is 11.7. The largest absolute Gasteiger partial charge is 0.361 e. The van der Waals surface area contributed by atoms with E-state index in [2.05, 4.69) is 28.7 Å². The highest BCUT2D eigenvalue weighted by Crippen LogP contribution is 2.14. The molecule has 0 unspecified atom stereocenters. The van der Waals surface area contributed by atoms with Gasteiger partial charge >= 0.3 is 0 Å². The van der Waals surface area contributed by atoms with Gasteiger partial charge in [-0.15, -0.1) is 0 Å². The molecule has 2 rings (SSSR count). The quantitative estimate of drug-likeness (QED) is 0.828. The third kappa shape index (κ3) is 3.68. The lowest BCUT2D eigenvalue weighted by molar-refractivity contribution is -0.115. The van der Waals surface area contributed by atoms with Crippen LogP contribution in [0.5, 0.6) is 0 Å². The lowest BCUT2D eigenvalue weighted by atomic mass is 10.2.